The largest absolute Gasteiger partial charge is 0.444 e. The van der Waals surface area contributed by atoms with Gasteiger partial charge in [-0.25, -0.2) is 4.79 Å². The first kappa shape index (κ1) is 30.8. The van der Waals surface area contributed by atoms with Gasteiger partial charge in [0.2, 0.25) is 5.91 Å². The van der Waals surface area contributed by atoms with Crippen LogP contribution in [0.4, 0.5) is 31.1 Å². The Bertz CT molecular complexity index is 1170. The molecule has 0 unspecified atom stereocenters. The number of halogens is 6. The molecule has 12 heteroatoms. The third-order valence-corrected chi connectivity index (χ3v) is 7.99. The number of hydrogen-bond donors (Lipinski definition) is 0. The van der Waals surface area contributed by atoms with Crippen molar-refractivity contribution in [1.82, 2.24) is 9.80 Å². The second-order valence-corrected chi connectivity index (χ2v) is 11.8. The highest BCUT2D eigenvalue weighted by Gasteiger charge is 2.42. The molecule has 1 aliphatic heterocycles. The lowest BCUT2D eigenvalue weighted by Gasteiger charge is -2.40. The molecule has 2 heterocycles. The highest BCUT2D eigenvalue weighted by atomic mass is 32.1. The van der Waals surface area contributed by atoms with Gasteiger partial charge >= 0.3 is 18.4 Å². The molecule has 1 saturated heterocycles. The summed E-state index contributed by atoms with van der Waals surface area (Å²) in [5.74, 6) is -1.47. The van der Waals surface area contributed by atoms with E-state index < -0.39 is 59.0 Å². The first-order valence-electron chi connectivity index (χ1n) is 12.4. The molecule has 216 valence electrons. The lowest BCUT2D eigenvalue weighted by Crippen LogP contribution is -2.49. The van der Waals surface area contributed by atoms with E-state index in [9.17, 15) is 35.9 Å². The maximum atomic E-state index is 13.8. The predicted molar refractivity (Wildman–Crippen MR) is 135 cm³/mol. The zero-order valence-corrected chi connectivity index (χ0v) is 23.4. The van der Waals surface area contributed by atoms with E-state index in [0.717, 1.165) is 10.4 Å². The molecule has 1 aromatic heterocycles. The normalized spacial score (nSPS) is 19.5. The van der Waals surface area contributed by atoms with Crippen LogP contribution >= 0.6 is 11.3 Å². The summed E-state index contributed by atoms with van der Waals surface area (Å²) in [7, 11) is 1.37. The Kier molecular flexibility index (Phi) is 8.69. The van der Waals surface area contributed by atoms with Crippen molar-refractivity contribution in [2.45, 2.75) is 71.0 Å². The third kappa shape index (κ3) is 7.26. The summed E-state index contributed by atoms with van der Waals surface area (Å²) in [6.45, 7) is 8.93. The van der Waals surface area contributed by atoms with Crippen LogP contribution in [0.5, 0.6) is 0 Å². The van der Waals surface area contributed by atoms with Gasteiger partial charge in [-0.15, -0.1) is 11.3 Å². The molecule has 2 aromatic rings. The third-order valence-electron chi connectivity index (χ3n) is 6.84. The van der Waals surface area contributed by atoms with Gasteiger partial charge in [0.1, 0.15) is 5.60 Å². The molecular weight excluding hydrogens is 546 g/mol. The molecule has 0 aliphatic carbocycles. The van der Waals surface area contributed by atoms with Crippen LogP contribution in [0.15, 0.2) is 29.6 Å². The summed E-state index contributed by atoms with van der Waals surface area (Å²) in [6.07, 6.45) is -10.2. The van der Waals surface area contributed by atoms with E-state index in [2.05, 4.69) is 0 Å². The summed E-state index contributed by atoms with van der Waals surface area (Å²) >= 11 is 1.43. The minimum atomic E-state index is -4.99. The number of likely N-dealkylation sites (tertiary alicyclic amines) is 1. The van der Waals surface area contributed by atoms with Crippen molar-refractivity contribution in [3.05, 3.63) is 56.8 Å². The van der Waals surface area contributed by atoms with Crippen LogP contribution < -0.4 is 0 Å². The summed E-state index contributed by atoms with van der Waals surface area (Å²) in [5.41, 5.74) is -2.93. The van der Waals surface area contributed by atoms with Crippen molar-refractivity contribution in [3.63, 3.8) is 0 Å². The van der Waals surface area contributed by atoms with E-state index in [1.54, 1.807) is 20.8 Å². The van der Waals surface area contributed by atoms with E-state index in [-0.39, 0.29) is 31.1 Å². The summed E-state index contributed by atoms with van der Waals surface area (Å²) in [6, 6.07) is 2.18. The summed E-state index contributed by atoms with van der Waals surface area (Å²) in [5, 5.41) is 1.87. The molecule has 0 saturated carbocycles. The Balaban J connectivity index is 1.92. The van der Waals surface area contributed by atoms with Crippen molar-refractivity contribution in [3.8, 4) is 0 Å². The van der Waals surface area contributed by atoms with Gasteiger partial charge in [-0.1, -0.05) is 0 Å². The molecule has 3 atom stereocenters. The molecule has 1 aromatic carbocycles. The summed E-state index contributed by atoms with van der Waals surface area (Å²) < 4.78 is 86.0. The van der Waals surface area contributed by atoms with E-state index in [4.69, 9.17) is 4.74 Å². The Morgan fingerprint density at radius 2 is 1.62 bits per heavy atom. The fourth-order valence-corrected chi connectivity index (χ4v) is 5.75. The SMILES string of the molecule is Cc1ccsc1[C@H]1CN(C(=O)OC(C)(C)C)CC[C@@H]1C(=O)N(C)[C@@H](C)c1cc(C(F)(F)F)cc(C(F)(F)F)c1. The first-order valence-corrected chi connectivity index (χ1v) is 13.3. The van der Waals surface area contributed by atoms with Crippen LogP contribution in [-0.2, 0) is 21.9 Å². The number of aryl methyl sites for hydroxylation is 1. The highest BCUT2D eigenvalue weighted by Crippen LogP contribution is 2.41. The number of benzene rings is 1. The number of amides is 2. The van der Waals surface area contributed by atoms with Crippen LogP contribution in [-0.4, -0.2) is 47.5 Å². The topological polar surface area (TPSA) is 49.9 Å². The van der Waals surface area contributed by atoms with Crippen LogP contribution in [0.2, 0.25) is 0 Å². The molecule has 0 bridgehead atoms. The monoisotopic (exact) mass is 578 g/mol. The average Bonchev–Trinajstić information content (AvgIpc) is 3.25. The zero-order chi connectivity index (χ0) is 29.5. The number of piperidine rings is 1. The zero-order valence-electron chi connectivity index (χ0n) is 22.5. The lowest BCUT2D eigenvalue weighted by atomic mass is 9.82. The van der Waals surface area contributed by atoms with Crippen molar-refractivity contribution in [1.29, 1.82) is 0 Å². The van der Waals surface area contributed by atoms with E-state index in [0.29, 0.717) is 12.1 Å². The minimum Gasteiger partial charge on any atom is -0.444 e. The molecule has 5 nitrogen and oxygen atoms in total. The highest BCUT2D eigenvalue weighted by molar-refractivity contribution is 7.10. The molecule has 3 rings (SSSR count). The van der Waals surface area contributed by atoms with Crippen LogP contribution in [0.25, 0.3) is 0 Å². The molecule has 0 N–H and O–H groups in total. The van der Waals surface area contributed by atoms with Gasteiger partial charge in [0, 0.05) is 36.9 Å². The second-order valence-electron chi connectivity index (χ2n) is 10.9. The van der Waals surface area contributed by atoms with Crippen molar-refractivity contribution >= 4 is 23.3 Å². The van der Waals surface area contributed by atoms with E-state index in [1.165, 1.54) is 35.1 Å². The molecule has 39 heavy (non-hydrogen) atoms. The van der Waals surface area contributed by atoms with Crippen molar-refractivity contribution in [2.24, 2.45) is 5.92 Å². The standard InChI is InChI=1S/C27H32F6N2O3S/c1-15-8-10-39-22(15)21-14-35(24(37)38-25(3,4)5)9-7-20(21)23(36)34(6)16(2)17-11-18(26(28,29)30)13-19(12-17)27(31,32)33/h8,10-13,16,20-21H,7,9,14H2,1-6H3/t16-,20-,21-/m0/s1. The number of alkyl halides is 6. The minimum absolute atomic E-state index is 0.0695. The van der Waals surface area contributed by atoms with Crippen molar-refractivity contribution < 1.29 is 40.7 Å². The van der Waals surface area contributed by atoms with Gasteiger partial charge in [0.25, 0.3) is 0 Å². The van der Waals surface area contributed by atoms with Crippen LogP contribution in [0.3, 0.4) is 0 Å². The second kappa shape index (κ2) is 11.0. The van der Waals surface area contributed by atoms with E-state index >= 15 is 0 Å². The van der Waals surface area contributed by atoms with Gasteiger partial charge in [0.05, 0.1) is 17.2 Å². The number of carbonyl (C=O) groups excluding carboxylic acids is 2. The number of thiophene rings is 1. The van der Waals surface area contributed by atoms with Gasteiger partial charge < -0.3 is 14.5 Å². The van der Waals surface area contributed by atoms with E-state index in [1.807, 2.05) is 18.4 Å². The maximum absolute atomic E-state index is 13.8. The van der Waals surface area contributed by atoms with Crippen LogP contribution in [0, 0.1) is 12.8 Å². The number of nitrogens with zero attached hydrogens (tertiary/aromatic N) is 2. The first-order chi connectivity index (χ1) is 17.8. The Hall–Kier alpha value is -2.76. The van der Waals surface area contributed by atoms with Gasteiger partial charge in [0.15, 0.2) is 0 Å². The van der Waals surface area contributed by atoms with Crippen molar-refractivity contribution in [2.75, 3.05) is 20.1 Å². The Labute approximate surface area is 227 Å². The van der Waals surface area contributed by atoms with Gasteiger partial charge in [-0.2, -0.15) is 26.3 Å². The molecule has 1 aliphatic rings. The molecule has 1 fully saturated rings. The van der Waals surface area contributed by atoms with Crippen LogP contribution in [0.1, 0.15) is 73.2 Å². The number of rotatable bonds is 4. The smallest absolute Gasteiger partial charge is 0.416 e. The number of carbonyl (C=O) groups is 2. The molecular formula is C27H32F6N2O3S. The quantitative estimate of drug-likeness (QED) is 0.350. The van der Waals surface area contributed by atoms with Gasteiger partial charge in [-0.05, 0) is 81.8 Å². The molecule has 2 amide bonds. The molecule has 0 radical (unpaired) electrons. The average molecular weight is 579 g/mol. The van der Waals surface area contributed by atoms with Gasteiger partial charge in [-0.3, -0.25) is 4.79 Å². The fraction of sp³-hybridized carbons (Fsp3) is 0.556. The lowest BCUT2D eigenvalue weighted by molar-refractivity contribution is -0.143. The maximum Gasteiger partial charge on any atom is 0.416 e. The Morgan fingerprint density at radius 3 is 2.08 bits per heavy atom. The number of ether oxygens (including phenoxy) is 1. The predicted octanol–water partition coefficient (Wildman–Crippen LogP) is 7.65. The number of hydrogen-bond acceptors (Lipinski definition) is 4. The Morgan fingerprint density at radius 1 is 1.05 bits per heavy atom. The molecule has 0 spiro atoms. The summed E-state index contributed by atoms with van der Waals surface area (Å²) in [4.78, 5) is 30.1. The fourth-order valence-electron chi connectivity index (χ4n) is 4.67.